The fraction of sp³-hybridized carbons (Fsp3) is 0.438. The van der Waals surface area contributed by atoms with Crippen molar-refractivity contribution in [2.75, 3.05) is 6.54 Å². The van der Waals surface area contributed by atoms with Crippen LogP contribution in [0.2, 0.25) is 0 Å². The Labute approximate surface area is 137 Å². The number of hydrogen-bond acceptors (Lipinski definition) is 6. The summed E-state index contributed by atoms with van der Waals surface area (Å²) in [6.45, 7) is 0.347. The molecule has 3 rings (SSSR count). The van der Waals surface area contributed by atoms with Gasteiger partial charge in [-0.3, -0.25) is 24.1 Å². The highest BCUT2D eigenvalue weighted by atomic mass is 16.7. The minimum atomic E-state index is -0.666. The number of nitrogens with zero attached hydrogens (tertiary/aromatic N) is 2. The van der Waals surface area contributed by atoms with Crippen LogP contribution in [-0.4, -0.2) is 46.1 Å². The minimum absolute atomic E-state index is 0.138. The van der Waals surface area contributed by atoms with E-state index in [2.05, 4.69) is 0 Å². The summed E-state index contributed by atoms with van der Waals surface area (Å²) in [7, 11) is 0. The summed E-state index contributed by atoms with van der Waals surface area (Å²) < 4.78 is 0. The molecule has 0 radical (unpaired) electrons. The average molecular weight is 332 g/mol. The van der Waals surface area contributed by atoms with Crippen molar-refractivity contribution in [1.29, 1.82) is 0 Å². The Bertz CT molecular complexity index is 636. The first-order chi connectivity index (χ1) is 11.5. The summed E-state index contributed by atoms with van der Waals surface area (Å²) in [5.74, 6) is -2.81. The highest BCUT2D eigenvalue weighted by Gasteiger charge is 2.35. The molecule has 0 aromatic heterocycles. The number of carbonyl (C=O) groups excluding carboxylic acids is 5. The Hall–Kier alpha value is -2.77. The Balaban J connectivity index is 1.47. The molecule has 0 atom stereocenters. The first-order valence-electron chi connectivity index (χ1n) is 7.77. The van der Waals surface area contributed by atoms with Crippen molar-refractivity contribution in [2.45, 2.75) is 25.7 Å². The molecule has 0 bridgehead atoms. The first kappa shape index (κ1) is 16.1. The first-order valence-corrected chi connectivity index (χ1v) is 7.77. The number of rotatable bonds is 4. The summed E-state index contributed by atoms with van der Waals surface area (Å²) in [4.78, 5) is 64.0. The maximum atomic E-state index is 12.1. The van der Waals surface area contributed by atoms with Gasteiger partial charge in [-0.2, -0.15) is 0 Å². The molecule has 126 valence electrons. The van der Waals surface area contributed by atoms with Crippen molar-refractivity contribution in [3.05, 3.63) is 24.3 Å². The van der Waals surface area contributed by atoms with Gasteiger partial charge in [0, 0.05) is 30.8 Å². The van der Waals surface area contributed by atoms with Crippen LogP contribution in [0.1, 0.15) is 25.7 Å². The van der Waals surface area contributed by atoms with Gasteiger partial charge in [0.15, 0.2) is 0 Å². The predicted molar refractivity (Wildman–Crippen MR) is 78.4 cm³/mol. The van der Waals surface area contributed by atoms with Gasteiger partial charge in [-0.15, -0.1) is 0 Å². The van der Waals surface area contributed by atoms with E-state index >= 15 is 0 Å². The van der Waals surface area contributed by atoms with Crippen molar-refractivity contribution in [1.82, 2.24) is 9.96 Å². The third-order valence-corrected chi connectivity index (χ3v) is 4.47. The van der Waals surface area contributed by atoms with E-state index in [1.807, 2.05) is 0 Å². The molecule has 4 amide bonds. The molecule has 0 aromatic rings. The van der Waals surface area contributed by atoms with E-state index in [1.165, 1.54) is 17.1 Å². The molecule has 2 aliphatic heterocycles. The maximum Gasteiger partial charge on any atom is 0.336 e. The van der Waals surface area contributed by atoms with Crippen LogP contribution in [0.25, 0.3) is 0 Å². The summed E-state index contributed by atoms with van der Waals surface area (Å²) in [5, 5.41) is 0.460. The van der Waals surface area contributed by atoms with Crippen molar-refractivity contribution < 1.29 is 28.8 Å². The number of hydroxylamine groups is 2. The number of imide groups is 2. The molecule has 24 heavy (non-hydrogen) atoms. The number of amides is 4. The molecule has 0 unspecified atom stereocenters. The van der Waals surface area contributed by atoms with E-state index in [0.29, 0.717) is 37.3 Å². The normalized spacial score (nSPS) is 26.7. The molecule has 2 heterocycles. The van der Waals surface area contributed by atoms with Gasteiger partial charge in [0.25, 0.3) is 23.6 Å². The molecule has 0 saturated heterocycles. The third kappa shape index (κ3) is 3.12. The van der Waals surface area contributed by atoms with Gasteiger partial charge in [0.1, 0.15) is 0 Å². The molecule has 1 fully saturated rings. The zero-order chi connectivity index (χ0) is 17.3. The predicted octanol–water partition coefficient (Wildman–Crippen LogP) is 0.101. The van der Waals surface area contributed by atoms with E-state index in [4.69, 9.17) is 4.84 Å². The lowest BCUT2D eigenvalue weighted by molar-refractivity contribution is -0.200. The SMILES string of the molecule is O=C(ON1C(=O)C=CC1=O)C1CCC(CN2C(=O)C=CC2=O)CC1. The van der Waals surface area contributed by atoms with Gasteiger partial charge >= 0.3 is 5.97 Å². The Morgan fingerprint density at radius 1 is 0.875 bits per heavy atom. The molecule has 1 saturated carbocycles. The molecule has 8 heteroatoms. The van der Waals surface area contributed by atoms with Gasteiger partial charge in [-0.05, 0) is 31.6 Å². The average Bonchev–Trinajstić information content (AvgIpc) is 3.05. The maximum absolute atomic E-state index is 12.1. The molecule has 3 aliphatic rings. The zero-order valence-corrected chi connectivity index (χ0v) is 12.8. The van der Waals surface area contributed by atoms with Crippen LogP contribution in [0.3, 0.4) is 0 Å². The topological polar surface area (TPSA) is 101 Å². The second kappa shape index (κ2) is 6.38. The molecule has 1 aliphatic carbocycles. The molecule has 8 nitrogen and oxygen atoms in total. The summed E-state index contributed by atoms with van der Waals surface area (Å²) in [6, 6.07) is 0. The van der Waals surface area contributed by atoms with E-state index in [-0.39, 0.29) is 17.7 Å². The fourth-order valence-electron chi connectivity index (χ4n) is 3.09. The Morgan fingerprint density at radius 2 is 1.38 bits per heavy atom. The van der Waals surface area contributed by atoms with Gasteiger partial charge < -0.3 is 4.84 Å². The molecule has 0 aromatic carbocycles. The van der Waals surface area contributed by atoms with Gasteiger partial charge in [0.05, 0.1) is 5.92 Å². The van der Waals surface area contributed by atoms with E-state index in [1.54, 1.807) is 0 Å². The van der Waals surface area contributed by atoms with Crippen LogP contribution in [0, 0.1) is 11.8 Å². The molecular formula is C16H16N2O6. The van der Waals surface area contributed by atoms with Gasteiger partial charge in [-0.25, -0.2) is 4.79 Å². The molecule has 0 N–H and O–H groups in total. The van der Waals surface area contributed by atoms with Crippen LogP contribution in [0.15, 0.2) is 24.3 Å². The van der Waals surface area contributed by atoms with E-state index in [9.17, 15) is 24.0 Å². The summed E-state index contributed by atoms with van der Waals surface area (Å²) >= 11 is 0. The number of hydrogen-bond donors (Lipinski definition) is 0. The van der Waals surface area contributed by atoms with Crippen molar-refractivity contribution in [3.8, 4) is 0 Å². The highest BCUT2D eigenvalue weighted by molar-refractivity contribution is 6.13. The standard InChI is InChI=1S/C16H16N2O6/c19-12-5-6-13(20)17(12)9-10-1-3-11(4-2-10)16(23)24-18-14(21)7-8-15(18)22/h5-8,10-11H,1-4,9H2. The number of carbonyl (C=O) groups is 5. The van der Waals surface area contributed by atoms with Gasteiger partial charge in [-0.1, -0.05) is 5.06 Å². The highest BCUT2D eigenvalue weighted by Crippen LogP contribution is 2.31. The van der Waals surface area contributed by atoms with Crippen LogP contribution >= 0.6 is 0 Å². The fourth-order valence-corrected chi connectivity index (χ4v) is 3.09. The quantitative estimate of drug-likeness (QED) is 0.677. The van der Waals surface area contributed by atoms with Crippen LogP contribution in [-0.2, 0) is 28.8 Å². The molecular weight excluding hydrogens is 316 g/mol. The van der Waals surface area contributed by atoms with Crippen molar-refractivity contribution >= 4 is 29.6 Å². The second-order valence-electron chi connectivity index (χ2n) is 6.05. The third-order valence-electron chi connectivity index (χ3n) is 4.47. The largest absolute Gasteiger partial charge is 0.336 e. The lowest BCUT2D eigenvalue weighted by atomic mass is 9.82. The second-order valence-corrected chi connectivity index (χ2v) is 6.05. The van der Waals surface area contributed by atoms with E-state index < -0.39 is 23.7 Å². The van der Waals surface area contributed by atoms with Crippen LogP contribution in [0.4, 0.5) is 0 Å². The summed E-state index contributed by atoms with van der Waals surface area (Å²) in [6.07, 6.45) is 6.98. The zero-order valence-electron chi connectivity index (χ0n) is 12.8. The smallest absolute Gasteiger partial charge is 0.329 e. The minimum Gasteiger partial charge on any atom is -0.329 e. The Kier molecular flexibility index (Phi) is 4.28. The Morgan fingerprint density at radius 3 is 1.92 bits per heavy atom. The van der Waals surface area contributed by atoms with Crippen LogP contribution < -0.4 is 0 Å². The summed E-state index contributed by atoms with van der Waals surface area (Å²) in [5.41, 5.74) is 0. The lowest BCUT2D eigenvalue weighted by Crippen LogP contribution is -2.38. The monoisotopic (exact) mass is 332 g/mol. The molecule has 0 spiro atoms. The lowest BCUT2D eigenvalue weighted by Gasteiger charge is -2.29. The van der Waals surface area contributed by atoms with Crippen LogP contribution in [0.5, 0.6) is 0 Å². The van der Waals surface area contributed by atoms with Gasteiger partial charge in [0.2, 0.25) is 0 Å². The van der Waals surface area contributed by atoms with E-state index in [0.717, 1.165) is 12.2 Å². The van der Waals surface area contributed by atoms with Crippen molar-refractivity contribution in [3.63, 3.8) is 0 Å². The van der Waals surface area contributed by atoms with Crippen molar-refractivity contribution in [2.24, 2.45) is 11.8 Å².